The smallest absolute Gasteiger partial charge is 0.0175 e. The van der Waals surface area contributed by atoms with Gasteiger partial charge in [0.15, 0.2) is 0 Å². The second kappa shape index (κ2) is 9.37. The zero-order valence-electron chi connectivity index (χ0n) is 19.2. The Morgan fingerprint density at radius 2 is 0.743 bits per heavy atom. The van der Waals surface area contributed by atoms with E-state index >= 15 is 0 Å². The van der Waals surface area contributed by atoms with Crippen LogP contribution in [0.5, 0.6) is 0 Å². The van der Waals surface area contributed by atoms with Gasteiger partial charge in [0, 0.05) is 4.47 Å². The summed E-state index contributed by atoms with van der Waals surface area (Å²) < 4.78 is 1.08. The molecule has 0 bridgehead atoms. The Hall–Kier alpha value is -3.94. The molecule has 0 heterocycles. The first kappa shape index (κ1) is 21.6. The molecule has 0 amide bonds. The Kier molecular flexibility index (Phi) is 5.78. The lowest BCUT2D eigenvalue weighted by Gasteiger charge is -2.19. The molecule has 0 saturated heterocycles. The van der Waals surface area contributed by atoms with Gasteiger partial charge in [-0.15, -0.1) is 0 Å². The van der Waals surface area contributed by atoms with E-state index in [1.165, 1.54) is 54.9 Å². The minimum atomic E-state index is 1.08. The van der Waals surface area contributed by atoms with Crippen molar-refractivity contribution in [2.75, 3.05) is 0 Å². The second-order valence-electron chi connectivity index (χ2n) is 8.75. The summed E-state index contributed by atoms with van der Waals surface area (Å²) in [6.45, 7) is 0. The van der Waals surface area contributed by atoms with Crippen LogP contribution >= 0.6 is 15.9 Å². The maximum absolute atomic E-state index is 3.62. The van der Waals surface area contributed by atoms with Gasteiger partial charge in [-0.2, -0.15) is 0 Å². The average Bonchev–Trinajstić information content (AvgIpc) is 2.92. The molecule has 0 unspecified atom stereocenters. The van der Waals surface area contributed by atoms with E-state index < -0.39 is 0 Å². The Morgan fingerprint density at radius 1 is 0.343 bits per heavy atom. The maximum Gasteiger partial charge on any atom is 0.0175 e. The molecule has 0 aliphatic heterocycles. The molecular weight excluding hydrogens is 488 g/mol. The summed E-state index contributed by atoms with van der Waals surface area (Å²) in [5.74, 6) is 0. The van der Waals surface area contributed by atoms with E-state index in [4.69, 9.17) is 0 Å². The third-order valence-electron chi connectivity index (χ3n) is 6.52. The number of halogens is 1. The number of hydrogen-bond donors (Lipinski definition) is 0. The van der Waals surface area contributed by atoms with Crippen LogP contribution in [-0.2, 0) is 0 Å². The van der Waals surface area contributed by atoms with Crippen LogP contribution in [0.2, 0.25) is 0 Å². The Labute approximate surface area is 214 Å². The van der Waals surface area contributed by atoms with Crippen molar-refractivity contribution in [3.05, 3.63) is 166 Å². The lowest BCUT2D eigenvalue weighted by Crippen LogP contribution is -1.98. The van der Waals surface area contributed by atoms with Crippen LogP contribution in [0.1, 0.15) is 22.3 Å². The van der Waals surface area contributed by atoms with Gasteiger partial charge < -0.3 is 0 Å². The van der Waals surface area contributed by atoms with Crippen molar-refractivity contribution in [2.24, 2.45) is 0 Å². The summed E-state index contributed by atoms with van der Waals surface area (Å²) in [6.07, 6.45) is 0. The standard InChI is InChI=1S/C34H23Br/c35-32-20-18-27(19-21-32)34(31-17-15-25-9-5-7-13-29(25)23-31)33(26-10-2-1-3-11-26)30-16-14-24-8-4-6-12-28(24)22-30/h1-23H. The normalized spacial score (nSPS) is 12.0. The van der Waals surface area contributed by atoms with Crippen molar-refractivity contribution in [1.82, 2.24) is 0 Å². The first-order valence-electron chi connectivity index (χ1n) is 11.8. The lowest BCUT2D eigenvalue weighted by atomic mass is 9.84. The van der Waals surface area contributed by atoms with Crippen LogP contribution in [0.4, 0.5) is 0 Å². The molecule has 0 radical (unpaired) electrons. The van der Waals surface area contributed by atoms with Crippen LogP contribution in [0.15, 0.2) is 144 Å². The molecule has 0 nitrogen and oxygen atoms in total. The Morgan fingerprint density at radius 3 is 1.26 bits per heavy atom. The van der Waals surface area contributed by atoms with E-state index in [0.29, 0.717) is 0 Å². The molecule has 166 valence electrons. The van der Waals surface area contributed by atoms with E-state index in [9.17, 15) is 0 Å². The second-order valence-corrected chi connectivity index (χ2v) is 9.66. The van der Waals surface area contributed by atoms with Crippen molar-refractivity contribution in [3.63, 3.8) is 0 Å². The highest BCUT2D eigenvalue weighted by Crippen LogP contribution is 2.39. The fourth-order valence-electron chi connectivity index (χ4n) is 4.82. The molecule has 0 N–H and O–H groups in total. The van der Waals surface area contributed by atoms with Crippen molar-refractivity contribution in [1.29, 1.82) is 0 Å². The van der Waals surface area contributed by atoms with Gasteiger partial charge in [0.25, 0.3) is 0 Å². The first-order valence-corrected chi connectivity index (χ1v) is 12.6. The van der Waals surface area contributed by atoms with Gasteiger partial charge in [-0.3, -0.25) is 0 Å². The molecule has 6 aromatic carbocycles. The number of fused-ring (bicyclic) bond motifs is 2. The Balaban J connectivity index is 1.72. The zero-order chi connectivity index (χ0) is 23.6. The molecule has 6 aromatic rings. The minimum absolute atomic E-state index is 1.08. The topological polar surface area (TPSA) is 0 Å². The number of benzene rings is 6. The lowest BCUT2D eigenvalue weighted by molar-refractivity contribution is 1.51. The average molecular weight is 511 g/mol. The van der Waals surface area contributed by atoms with Gasteiger partial charge in [-0.1, -0.05) is 131 Å². The molecule has 6 rings (SSSR count). The molecule has 1 heteroatoms. The first-order chi connectivity index (χ1) is 17.3. The number of hydrogen-bond acceptors (Lipinski definition) is 0. The van der Waals surface area contributed by atoms with E-state index in [1.807, 2.05) is 0 Å². The van der Waals surface area contributed by atoms with Crippen molar-refractivity contribution in [2.45, 2.75) is 0 Å². The van der Waals surface area contributed by atoms with Gasteiger partial charge in [0.05, 0.1) is 0 Å². The monoisotopic (exact) mass is 510 g/mol. The molecule has 0 aromatic heterocycles. The molecule has 0 aliphatic rings. The van der Waals surface area contributed by atoms with Crippen LogP contribution < -0.4 is 0 Å². The van der Waals surface area contributed by atoms with Crippen molar-refractivity contribution < 1.29 is 0 Å². The van der Waals surface area contributed by atoms with Gasteiger partial charge in [-0.25, -0.2) is 0 Å². The largest absolute Gasteiger partial charge is 0.0622 e. The Bertz CT molecular complexity index is 1680. The maximum atomic E-state index is 3.62. The molecule has 0 spiro atoms. The third kappa shape index (κ3) is 4.32. The van der Waals surface area contributed by atoms with Gasteiger partial charge in [-0.05, 0) is 79.2 Å². The summed E-state index contributed by atoms with van der Waals surface area (Å²) in [5, 5.41) is 4.98. The van der Waals surface area contributed by atoms with Gasteiger partial charge in [0.1, 0.15) is 0 Å². The summed E-state index contributed by atoms with van der Waals surface area (Å²) in [5.41, 5.74) is 7.27. The highest BCUT2D eigenvalue weighted by atomic mass is 79.9. The zero-order valence-corrected chi connectivity index (χ0v) is 20.7. The summed E-state index contributed by atoms with van der Waals surface area (Å²) in [6, 6.07) is 50.1. The minimum Gasteiger partial charge on any atom is -0.0622 e. The summed E-state index contributed by atoms with van der Waals surface area (Å²) in [7, 11) is 0. The van der Waals surface area contributed by atoms with Crippen LogP contribution in [0, 0.1) is 0 Å². The molecule has 0 fully saturated rings. The van der Waals surface area contributed by atoms with Crippen molar-refractivity contribution in [3.8, 4) is 0 Å². The van der Waals surface area contributed by atoms with E-state index in [2.05, 4.69) is 155 Å². The molecule has 0 atom stereocenters. The fourth-order valence-corrected chi connectivity index (χ4v) is 5.09. The predicted octanol–water partition coefficient (Wildman–Crippen LogP) is 9.76. The molecular formula is C34H23Br. The van der Waals surface area contributed by atoms with Crippen LogP contribution in [0.25, 0.3) is 32.7 Å². The highest BCUT2D eigenvalue weighted by molar-refractivity contribution is 9.10. The van der Waals surface area contributed by atoms with Gasteiger partial charge in [0.2, 0.25) is 0 Å². The van der Waals surface area contributed by atoms with E-state index in [1.54, 1.807) is 0 Å². The van der Waals surface area contributed by atoms with E-state index in [0.717, 1.165) is 4.47 Å². The summed E-state index contributed by atoms with van der Waals surface area (Å²) >= 11 is 3.62. The number of rotatable bonds is 4. The van der Waals surface area contributed by atoms with Crippen LogP contribution in [0.3, 0.4) is 0 Å². The highest BCUT2D eigenvalue weighted by Gasteiger charge is 2.17. The molecule has 0 aliphatic carbocycles. The van der Waals surface area contributed by atoms with Crippen LogP contribution in [-0.4, -0.2) is 0 Å². The fraction of sp³-hybridized carbons (Fsp3) is 0. The SMILES string of the molecule is Brc1ccc(C(=C(c2ccccc2)c2ccc3ccccc3c2)c2ccc3ccccc3c2)cc1. The van der Waals surface area contributed by atoms with E-state index in [-0.39, 0.29) is 0 Å². The molecule has 35 heavy (non-hydrogen) atoms. The predicted molar refractivity (Wildman–Crippen MR) is 153 cm³/mol. The molecule has 0 saturated carbocycles. The summed E-state index contributed by atoms with van der Waals surface area (Å²) in [4.78, 5) is 0. The van der Waals surface area contributed by atoms with Crippen molar-refractivity contribution >= 4 is 48.6 Å². The van der Waals surface area contributed by atoms with Gasteiger partial charge >= 0.3 is 0 Å². The third-order valence-corrected chi connectivity index (χ3v) is 7.05. The quantitative estimate of drug-likeness (QED) is 0.207.